The van der Waals surface area contributed by atoms with Crippen molar-refractivity contribution in [1.29, 1.82) is 0 Å². The van der Waals surface area contributed by atoms with E-state index < -0.39 is 26.5 Å². The average Bonchev–Trinajstić information content (AvgIpc) is 2.37. The van der Waals surface area contributed by atoms with Crippen LogP contribution < -0.4 is 0 Å². The fourth-order valence-electron chi connectivity index (χ4n) is 2.60. The van der Waals surface area contributed by atoms with E-state index in [0.717, 1.165) is 6.42 Å². The zero-order chi connectivity index (χ0) is 19.0. The molecule has 144 valence electrons. The number of aliphatic hydroxyl groups excluding tert-OH is 1. The van der Waals surface area contributed by atoms with Crippen LogP contribution in [0.2, 0.25) is 0 Å². The van der Waals surface area contributed by atoms with Gasteiger partial charge < -0.3 is 14.7 Å². The second kappa shape index (κ2) is 9.88. The van der Waals surface area contributed by atoms with Crippen molar-refractivity contribution < 1.29 is 33.1 Å². The molecule has 0 aromatic carbocycles. The van der Waals surface area contributed by atoms with Crippen molar-refractivity contribution >= 4 is 13.8 Å². The largest absolute Gasteiger partial charge is 0.472 e. The van der Waals surface area contributed by atoms with Gasteiger partial charge in [-0.05, 0) is 23.7 Å². The van der Waals surface area contributed by atoms with E-state index in [4.69, 9.17) is 4.74 Å². The van der Waals surface area contributed by atoms with Gasteiger partial charge in [0.05, 0.1) is 19.6 Å². The van der Waals surface area contributed by atoms with E-state index in [1.165, 1.54) is 0 Å². The third kappa shape index (κ3) is 12.9. The van der Waals surface area contributed by atoms with Crippen LogP contribution in [0.1, 0.15) is 60.8 Å². The SMILES string of the molecule is CCCOP(=O)(O)OCC(O)COC(=O)CC(C)(C)CC(C)(C)C. The Hall–Kier alpha value is -0.460. The molecule has 2 unspecified atom stereocenters. The monoisotopic (exact) mass is 368 g/mol. The number of hydrogen-bond donors (Lipinski definition) is 2. The lowest BCUT2D eigenvalue weighted by molar-refractivity contribution is -0.149. The molecule has 0 radical (unpaired) electrons. The highest BCUT2D eigenvalue weighted by atomic mass is 31.2. The molecule has 2 N–H and O–H groups in total. The van der Waals surface area contributed by atoms with Crippen LogP contribution in [-0.2, 0) is 23.1 Å². The fraction of sp³-hybridized carbons (Fsp3) is 0.938. The first-order valence-corrected chi connectivity index (χ1v) is 9.71. The number of carbonyl (C=O) groups is 1. The number of phosphoric acid groups is 1. The lowest BCUT2D eigenvalue weighted by atomic mass is 9.74. The summed E-state index contributed by atoms with van der Waals surface area (Å²) in [6.45, 7) is 11.4. The van der Waals surface area contributed by atoms with Crippen LogP contribution in [0.25, 0.3) is 0 Å². The predicted octanol–water partition coefficient (Wildman–Crippen LogP) is 3.29. The third-order valence-electron chi connectivity index (χ3n) is 2.96. The highest BCUT2D eigenvalue weighted by molar-refractivity contribution is 7.47. The molecule has 24 heavy (non-hydrogen) atoms. The molecule has 0 spiro atoms. The van der Waals surface area contributed by atoms with Gasteiger partial charge in [-0.1, -0.05) is 41.5 Å². The molecule has 0 bridgehead atoms. The third-order valence-corrected chi connectivity index (χ3v) is 3.94. The topological polar surface area (TPSA) is 102 Å². The molecule has 0 fully saturated rings. The average molecular weight is 368 g/mol. The van der Waals surface area contributed by atoms with Gasteiger partial charge in [-0.2, -0.15) is 0 Å². The molecule has 7 nitrogen and oxygen atoms in total. The maximum absolute atomic E-state index is 11.9. The molecule has 0 aliphatic rings. The second-order valence-electron chi connectivity index (χ2n) is 8.01. The normalized spacial score (nSPS) is 16.5. The molecule has 0 heterocycles. The summed E-state index contributed by atoms with van der Waals surface area (Å²) in [4.78, 5) is 21.2. The molecule has 0 amide bonds. The number of ether oxygens (including phenoxy) is 1. The number of aliphatic hydroxyl groups is 1. The Morgan fingerprint density at radius 2 is 1.71 bits per heavy atom. The van der Waals surface area contributed by atoms with Gasteiger partial charge in [-0.3, -0.25) is 13.8 Å². The van der Waals surface area contributed by atoms with E-state index in [1.807, 2.05) is 13.8 Å². The van der Waals surface area contributed by atoms with Gasteiger partial charge in [-0.25, -0.2) is 4.57 Å². The molecule has 0 aromatic rings. The van der Waals surface area contributed by atoms with Crippen molar-refractivity contribution in [2.75, 3.05) is 19.8 Å². The Balaban J connectivity index is 4.16. The van der Waals surface area contributed by atoms with Gasteiger partial charge in [0, 0.05) is 0 Å². The molecule has 8 heteroatoms. The molecule has 0 aliphatic carbocycles. The summed E-state index contributed by atoms with van der Waals surface area (Å²) in [6, 6.07) is 0. The van der Waals surface area contributed by atoms with Gasteiger partial charge in [0.15, 0.2) is 0 Å². The lowest BCUT2D eigenvalue weighted by Gasteiger charge is -2.31. The molecule has 0 aliphatic heterocycles. The van der Waals surface area contributed by atoms with Crippen molar-refractivity contribution in [3.8, 4) is 0 Å². The van der Waals surface area contributed by atoms with Gasteiger partial charge in [0.2, 0.25) is 0 Å². The van der Waals surface area contributed by atoms with Crippen LogP contribution >= 0.6 is 7.82 Å². The summed E-state index contributed by atoms with van der Waals surface area (Å²) < 4.78 is 25.7. The van der Waals surface area contributed by atoms with Crippen LogP contribution in [0.4, 0.5) is 0 Å². The quantitative estimate of drug-likeness (QED) is 0.426. The van der Waals surface area contributed by atoms with Gasteiger partial charge >= 0.3 is 13.8 Å². The zero-order valence-electron chi connectivity index (χ0n) is 15.7. The molecule has 0 saturated carbocycles. The van der Waals surface area contributed by atoms with Gasteiger partial charge in [0.25, 0.3) is 0 Å². The minimum absolute atomic E-state index is 0.0850. The summed E-state index contributed by atoms with van der Waals surface area (Å²) in [5.74, 6) is -0.419. The number of hydrogen-bond acceptors (Lipinski definition) is 6. The molecule has 0 rings (SSSR count). The lowest BCUT2D eigenvalue weighted by Crippen LogP contribution is -2.28. The highest BCUT2D eigenvalue weighted by Gasteiger charge is 2.29. The summed E-state index contributed by atoms with van der Waals surface area (Å²) >= 11 is 0. The van der Waals surface area contributed by atoms with Crippen LogP contribution in [0.5, 0.6) is 0 Å². The summed E-state index contributed by atoms with van der Waals surface area (Å²) in [7, 11) is -4.17. The van der Waals surface area contributed by atoms with E-state index in [-0.39, 0.29) is 30.5 Å². The van der Waals surface area contributed by atoms with Crippen LogP contribution in [0, 0.1) is 10.8 Å². The van der Waals surface area contributed by atoms with Crippen LogP contribution in [0.15, 0.2) is 0 Å². The first-order valence-electron chi connectivity index (χ1n) is 8.22. The maximum Gasteiger partial charge on any atom is 0.472 e. The standard InChI is InChI=1S/C16H33O7P/c1-7-8-22-24(19,20)23-11-13(17)10-21-14(18)9-16(5,6)12-15(2,3)4/h13,17H,7-12H2,1-6H3,(H,19,20). The Morgan fingerprint density at radius 3 is 2.21 bits per heavy atom. The first kappa shape index (κ1) is 23.5. The molecule has 0 saturated heterocycles. The summed E-state index contributed by atoms with van der Waals surface area (Å²) in [5.41, 5.74) is -0.122. The van der Waals surface area contributed by atoms with Crippen LogP contribution in [0.3, 0.4) is 0 Å². The van der Waals surface area contributed by atoms with E-state index >= 15 is 0 Å². The second-order valence-corrected chi connectivity index (χ2v) is 9.47. The Morgan fingerprint density at radius 1 is 1.12 bits per heavy atom. The van der Waals surface area contributed by atoms with Crippen molar-refractivity contribution in [1.82, 2.24) is 0 Å². The van der Waals surface area contributed by atoms with Crippen molar-refractivity contribution in [2.24, 2.45) is 10.8 Å². The molecule has 2 atom stereocenters. The molecular weight excluding hydrogens is 335 g/mol. The number of rotatable bonds is 11. The molecule has 0 aromatic heterocycles. The summed E-state index contributed by atoms with van der Waals surface area (Å²) in [6.07, 6.45) is 0.461. The number of esters is 1. The van der Waals surface area contributed by atoms with Gasteiger partial charge in [-0.15, -0.1) is 0 Å². The van der Waals surface area contributed by atoms with E-state index in [0.29, 0.717) is 6.42 Å². The number of phosphoric ester groups is 1. The minimum atomic E-state index is -4.17. The fourth-order valence-corrected chi connectivity index (χ4v) is 3.45. The Labute approximate surface area is 145 Å². The van der Waals surface area contributed by atoms with Gasteiger partial charge in [0.1, 0.15) is 12.7 Å². The van der Waals surface area contributed by atoms with Crippen molar-refractivity contribution in [3.63, 3.8) is 0 Å². The number of carbonyl (C=O) groups excluding carboxylic acids is 1. The first-order chi connectivity index (χ1) is 10.8. The van der Waals surface area contributed by atoms with Crippen molar-refractivity contribution in [2.45, 2.75) is 66.9 Å². The molecular formula is C16H33O7P. The smallest absolute Gasteiger partial charge is 0.463 e. The van der Waals surface area contributed by atoms with E-state index in [1.54, 1.807) is 6.92 Å². The zero-order valence-corrected chi connectivity index (χ0v) is 16.6. The maximum atomic E-state index is 11.9. The Bertz CT molecular complexity index is 429. The van der Waals surface area contributed by atoms with E-state index in [9.17, 15) is 19.4 Å². The predicted molar refractivity (Wildman–Crippen MR) is 91.5 cm³/mol. The van der Waals surface area contributed by atoms with Crippen molar-refractivity contribution in [3.05, 3.63) is 0 Å². The highest BCUT2D eigenvalue weighted by Crippen LogP contribution is 2.43. The van der Waals surface area contributed by atoms with Crippen LogP contribution in [-0.4, -0.2) is 41.9 Å². The van der Waals surface area contributed by atoms with E-state index in [2.05, 4.69) is 29.8 Å². The Kier molecular flexibility index (Phi) is 9.69. The minimum Gasteiger partial charge on any atom is -0.463 e. The summed E-state index contributed by atoms with van der Waals surface area (Å²) in [5, 5.41) is 9.68.